The summed E-state index contributed by atoms with van der Waals surface area (Å²) >= 11 is 0. The number of sulfonamides is 1. The lowest BCUT2D eigenvalue weighted by Crippen LogP contribution is -2.51. The second kappa shape index (κ2) is 10.9. The first-order chi connectivity index (χ1) is 18.1. The van der Waals surface area contributed by atoms with Crippen molar-refractivity contribution in [3.8, 4) is 17.2 Å². The predicted molar refractivity (Wildman–Crippen MR) is 147 cm³/mol. The Bertz CT molecular complexity index is 1420. The van der Waals surface area contributed by atoms with E-state index in [4.69, 9.17) is 14.2 Å². The summed E-state index contributed by atoms with van der Waals surface area (Å²) in [5.41, 5.74) is 3.38. The number of benzene rings is 3. The zero-order chi connectivity index (χ0) is 27.6. The molecule has 2 atom stereocenters. The van der Waals surface area contributed by atoms with Crippen LogP contribution in [0.3, 0.4) is 0 Å². The molecule has 202 valence electrons. The number of methoxy groups -OCH3 is 2. The lowest BCUT2D eigenvalue weighted by molar-refractivity contribution is -0.128. The maximum Gasteiger partial charge on any atom is 0.264 e. The first-order valence-corrected chi connectivity index (χ1v) is 13.9. The van der Waals surface area contributed by atoms with Gasteiger partial charge in [-0.15, -0.1) is 0 Å². The molecule has 0 spiro atoms. The fourth-order valence-electron chi connectivity index (χ4n) is 4.64. The molecule has 9 heteroatoms. The Morgan fingerprint density at radius 2 is 1.68 bits per heavy atom. The summed E-state index contributed by atoms with van der Waals surface area (Å²) in [7, 11) is -0.808. The number of rotatable bonds is 8. The van der Waals surface area contributed by atoms with Gasteiger partial charge in [-0.3, -0.25) is 9.10 Å². The summed E-state index contributed by atoms with van der Waals surface area (Å²) in [5, 5.41) is 3.03. The average Bonchev–Trinajstić information content (AvgIpc) is 2.91. The number of para-hydroxylation sites is 2. The van der Waals surface area contributed by atoms with Crippen molar-refractivity contribution < 1.29 is 27.4 Å². The monoisotopic (exact) mass is 538 g/mol. The summed E-state index contributed by atoms with van der Waals surface area (Å²) in [4.78, 5) is 13.5. The molecule has 3 aromatic carbocycles. The number of hydrogen-bond acceptors (Lipinski definition) is 6. The van der Waals surface area contributed by atoms with E-state index in [1.807, 2.05) is 19.9 Å². The SMILES string of the molecule is COc1ccc(S(=O)(=O)N2C[C@H](C(=O)N[C@H](C)c3cc(C(C)C)c(OC)cc3C)Oc3ccccc32)cc1. The number of nitrogens with zero attached hydrogens (tertiary/aromatic N) is 1. The molecule has 0 saturated carbocycles. The molecule has 38 heavy (non-hydrogen) atoms. The number of ether oxygens (including phenoxy) is 3. The van der Waals surface area contributed by atoms with Crippen LogP contribution in [0.25, 0.3) is 0 Å². The Morgan fingerprint density at radius 3 is 2.32 bits per heavy atom. The first-order valence-electron chi connectivity index (χ1n) is 12.5. The van der Waals surface area contributed by atoms with Gasteiger partial charge in [-0.25, -0.2) is 8.42 Å². The van der Waals surface area contributed by atoms with Crippen molar-refractivity contribution in [2.45, 2.75) is 50.7 Å². The number of fused-ring (bicyclic) bond motifs is 1. The van der Waals surface area contributed by atoms with E-state index < -0.39 is 22.0 Å². The predicted octanol–water partition coefficient (Wildman–Crippen LogP) is 4.97. The third-order valence-electron chi connectivity index (χ3n) is 6.74. The second-order valence-corrected chi connectivity index (χ2v) is 11.5. The van der Waals surface area contributed by atoms with Crippen LogP contribution in [-0.4, -0.2) is 41.2 Å². The first kappa shape index (κ1) is 27.3. The Hall–Kier alpha value is -3.72. The van der Waals surface area contributed by atoms with E-state index in [1.54, 1.807) is 43.5 Å². The zero-order valence-electron chi connectivity index (χ0n) is 22.5. The minimum Gasteiger partial charge on any atom is -0.497 e. The Balaban J connectivity index is 1.61. The normalized spacial score (nSPS) is 15.9. The minimum absolute atomic E-state index is 0.0950. The number of hydrogen-bond donors (Lipinski definition) is 1. The van der Waals surface area contributed by atoms with Crippen LogP contribution >= 0.6 is 0 Å². The summed E-state index contributed by atoms with van der Waals surface area (Å²) in [6.45, 7) is 7.89. The van der Waals surface area contributed by atoms with Gasteiger partial charge in [0, 0.05) is 0 Å². The lowest BCUT2D eigenvalue weighted by Gasteiger charge is -2.35. The van der Waals surface area contributed by atoms with Gasteiger partial charge in [-0.1, -0.05) is 26.0 Å². The summed E-state index contributed by atoms with van der Waals surface area (Å²) in [6, 6.07) is 16.7. The molecule has 3 aromatic rings. The van der Waals surface area contributed by atoms with E-state index in [1.165, 1.54) is 23.5 Å². The molecular weight excluding hydrogens is 504 g/mol. The number of aryl methyl sites for hydroxylation is 1. The van der Waals surface area contributed by atoms with Crippen molar-refractivity contribution in [1.82, 2.24) is 5.32 Å². The maximum absolute atomic E-state index is 13.7. The smallest absolute Gasteiger partial charge is 0.264 e. The molecule has 0 unspecified atom stereocenters. The summed E-state index contributed by atoms with van der Waals surface area (Å²) < 4.78 is 45.2. The summed E-state index contributed by atoms with van der Waals surface area (Å²) in [6.07, 6.45) is -1.04. The molecule has 4 rings (SSSR count). The third-order valence-corrected chi connectivity index (χ3v) is 8.53. The minimum atomic E-state index is -3.97. The Kier molecular flexibility index (Phi) is 7.87. The molecule has 1 heterocycles. The topological polar surface area (TPSA) is 94.2 Å². The highest BCUT2D eigenvalue weighted by molar-refractivity contribution is 7.92. The van der Waals surface area contributed by atoms with Crippen LogP contribution in [0.2, 0.25) is 0 Å². The molecule has 0 fully saturated rings. The van der Waals surface area contributed by atoms with Crippen molar-refractivity contribution >= 4 is 21.6 Å². The Morgan fingerprint density at radius 1 is 1.00 bits per heavy atom. The number of carbonyl (C=O) groups excluding carboxylic acids is 1. The molecule has 8 nitrogen and oxygen atoms in total. The van der Waals surface area contributed by atoms with Gasteiger partial charge in [0.05, 0.1) is 37.4 Å². The van der Waals surface area contributed by atoms with Crippen LogP contribution in [0.1, 0.15) is 49.4 Å². The van der Waals surface area contributed by atoms with Gasteiger partial charge < -0.3 is 19.5 Å². The standard InChI is InChI=1S/C29H34N2O6S/c1-18(2)23-16-24(19(3)15-27(23)36-6)20(4)30-29(32)28-17-31(25-9-7-8-10-26(25)37-28)38(33,34)22-13-11-21(35-5)12-14-22/h7-16,18,20,28H,17H2,1-6H3,(H,30,32)/t20-,28-/m1/s1. The van der Waals surface area contributed by atoms with Crippen LogP contribution in [0.5, 0.6) is 17.2 Å². The van der Waals surface area contributed by atoms with Gasteiger partial charge in [-0.2, -0.15) is 0 Å². The van der Waals surface area contributed by atoms with Crippen LogP contribution in [0, 0.1) is 6.92 Å². The van der Waals surface area contributed by atoms with Gasteiger partial charge in [0.15, 0.2) is 6.10 Å². The zero-order valence-corrected chi connectivity index (χ0v) is 23.3. The van der Waals surface area contributed by atoms with E-state index in [0.29, 0.717) is 17.2 Å². The Labute approximate surface area is 224 Å². The van der Waals surface area contributed by atoms with E-state index in [-0.39, 0.29) is 23.4 Å². The van der Waals surface area contributed by atoms with Gasteiger partial charge in [0.25, 0.3) is 15.9 Å². The van der Waals surface area contributed by atoms with Crippen molar-refractivity contribution in [2.24, 2.45) is 0 Å². The highest BCUT2D eigenvalue weighted by Crippen LogP contribution is 2.37. The molecule has 0 aliphatic carbocycles. The number of carbonyl (C=O) groups is 1. The molecule has 0 saturated heterocycles. The summed E-state index contributed by atoms with van der Waals surface area (Å²) in [5.74, 6) is 1.52. The maximum atomic E-state index is 13.7. The van der Waals surface area contributed by atoms with Gasteiger partial charge in [-0.05, 0) is 85.0 Å². The van der Waals surface area contributed by atoms with Gasteiger partial charge in [0.2, 0.25) is 0 Å². The molecule has 1 amide bonds. The van der Waals surface area contributed by atoms with E-state index in [0.717, 1.165) is 22.4 Å². The molecule has 0 aromatic heterocycles. The molecular formula is C29H34N2O6S. The quantitative estimate of drug-likeness (QED) is 0.435. The van der Waals surface area contributed by atoms with Gasteiger partial charge in [0.1, 0.15) is 17.2 Å². The molecule has 0 radical (unpaired) electrons. The van der Waals surface area contributed by atoms with Crippen molar-refractivity contribution in [3.63, 3.8) is 0 Å². The third kappa shape index (κ3) is 5.29. The fraction of sp³-hybridized carbons (Fsp3) is 0.345. The number of anilines is 1. The van der Waals surface area contributed by atoms with Crippen LogP contribution in [0.4, 0.5) is 5.69 Å². The van der Waals surface area contributed by atoms with E-state index in [2.05, 4.69) is 25.2 Å². The number of nitrogens with one attached hydrogen (secondary N) is 1. The molecule has 0 bridgehead atoms. The van der Waals surface area contributed by atoms with Crippen molar-refractivity contribution in [3.05, 3.63) is 77.4 Å². The van der Waals surface area contributed by atoms with Crippen LogP contribution in [-0.2, 0) is 14.8 Å². The van der Waals surface area contributed by atoms with E-state index in [9.17, 15) is 13.2 Å². The highest BCUT2D eigenvalue weighted by atomic mass is 32.2. The van der Waals surface area contributed by atoms with E-state index >= 15 is 0 Å². The molecule has 1 N–H and O–H groups in total. The molecule has 1 aliphatic heterocycles. The van der Waals surface area contributed by atoms with Gasteiger partial charge >= 0.3 is 0 Å². The molecule has 1 aliphatic rings. The van der Waals surface area contributed by atoms with Crippen molar-refractivity contribution in [2.75, 3.05) is 25.1 Å². The number of amides is 1. The van der Waals surface area contributed by atoms with Crippen molar-refractivity contribution in [1.29, 1.82) is 0 Å². The lowest BCUT2D eigenvalue weighted by atomic mass is 9.93. The highest BCUT2D eigenvalue weighted by Gasteiger charge is 2.38. The van der Waals surface area contributed by atoms with Crippen LogP contribution < -0.4 is 23.8 Å². The average molecular weight is 539 g/mol. The second-order valence-electron chi connectivity index (χ2n) is 9.62. The fourth-order valence-corrected chi connectivity index (χ4v) is 6.11. The largest absolute Gasteiger partial charge is 0.497 e. The van der Waals surface area contributed by atoms with Crippen LogP contribution in [0.15, 0.2) is 65.6 Å².